The van der Waals surface area contributed by atoms with Crippen LogP contribution < -0.4 is 4.74 Å². The number of methoxy groups -OCH3 is 1. The minimum atomic E-state index is 0.737. The van der Waals surface area contributed by atoms with Crippen LogP contribution in [0.4, 0.5) is 0 Å². The summed E-state index contributed by atoms with van der Waals surface area (Å²) in [6, 6.07) is 14.1. The third-order valence-electron chi connectivity index (χ3n) is 4.10. The molecule has 2 heteroatoms. The Morgan fingerprint density at radius 2 is 1.83 bits per heavy atom. The molecule has 2 aromatic carbocycles. The SMILES string of the molecule is COc1ccc2c(c1)C(C#Cc1ccc(C)cc1)=C(C=O)CC2. The Labute approximate surface area is 136 Å². The molecule has 0 aromatic heterocycles. The zero-order valence-corrected chi connectivity index (χ0v) is 13.3. The van der Waals surface area contributed by atoms with Crippen LogP contribution in [0.5, 0.6) is 5.75 Å². The molecule has 0 fully saturated rings. The first-order chi connectivity index (χ1) is 11.2. The van der Waals surface area contributed by atoms with Gasteiger partial charge in [0.2, 0.25) is 0 Å². The van der Waals surface area contributed by atoms with E-state index in [0.29, 0.717) is 0 Å². The summed E-state index contributed by atoms with van der Waals surface area (Å²) in [6.07, 6.45) is 2.53. The summed E-state index contributed by atoms with van der Waals surface area (Å²) in [7, 11) is 1.65. The van der Waals surface area contributed by atoms with E-state index in [1.807, 2.05) is 43.3 Å². The Balaban J connectivity index is 2.07. The van der Waals surface area contributed by atoms with Crippen molar-refractivity contribution in [3.8, 4) is 17.6 Å². The van der Waals surface area contributed by atoms with Crippen LogP contribution in [0.2, 0.25) is 0 Å². The van der Waals surface area contributed by atoms with Crippen LogP contribution in [0.1, 0.15) is 28.7 Å². The fraction of sp³-hybridized carbons (Fsp3) is 0.190. The molecule has 1 aliphatic rings. The number of fused-ring (bicyclic) bond motifs is 1. The zero-order chi connectivity index (χ0) is 16.2. The molecule has 0 unspecified atom stereocenters. The molecule has 0 saturated heterocycles. The van der Waals surface area contributed by atoms with Crippen LogP contribution in [0, 0.1) is 18.8 Å². The van der Waals surface area contributed by atoms with Gasteiger partial charge in [-0.1, -0.05) is 35.6 Å². The topological polar surface area (TPSA) is 26.3 Å². The number of benzene rings is 2. The van der Waals surface area contributed by atoms with Gasteiger partial charge in [0.1, 0.15) is 12.0 Å². The lowest BCUT2D eigenvalue weighted by Gasteiger charge is -2.18. The molecule has 0 radical (unpaired) electrons. The molecule has 0 spiro atoms. The highest BCUT2D eigenvalue weighted by Gasteiger charge is 2.18. The second-order valence-corrected chi connectivity index (χ2v) is 5.66. The number of carbonyl (C=O) groups excluding carboxylic acids is 1. The summed E-state index contributed by atoms with van der Waals surface area (Å²) in [5.74, 6) is 7.17. The minimum Gasteiger partial charge on any atom is -0.497 e. The highest BCUT2D eigenvalue weighted by Crippen LogP contribution is 2.32. The fourth-order valence-electron chi connectivity index (χ4n) is 2.74. The Kier molecular flexibility index (Phi) is 4.30. The van der Waals surface area contributed by atoms with Crippen LogP contribution in [0.15, 0.2) is 48.0 Å². The summed E-state index contributed by atoms with van der Waals surface area (Å²) in [5.41, 5.74) is 5.97. The van der Waals surface area contributed by atoms with Crippen LogP contribution in [0.3, 0.4) is 0 Å². The predicted molar refractivity (Wildman–Crippen MR) is 92.4 cm³/mol. The van der Waals surface area contributed by atoms with E-state index in [-0.39, 0.29) is 0 Å². The monoisotopic (exact) mass is 302 g/mol. The molecule has 0 N–H and O–H groups in total. The van der Waals surface area contributed by atoms with Gasteiger partial charge in [0.05, 0.1) is 7.11 Å². The molecule has 23 heavy (non-hydrogen) atoms. The second-order valence-electron chi connectivity index (χ2n) is 5.66. The van der Waals surface area contributed by atoms with E-state index in [4.69, 9.17) is 4.74 Å². The summed E-state index contributed by atoms with van der Waals surface area (Å²) >= 11 is 0. The third-order valence-corrected chi connectivity index (χ3v) is 4.10. The van der Waals surface area contributed by atoms with E-state index in [2.05, 4.69) is 17.9 Å². The van der Waals surface area contributed by atoms with E-state index in [1.54, 1.807) is 7.11 Å². The van der Waals surface area contributed by atoms with Gasteiger partial charge in [-0.2, -0.15) is 0 Å². The summed E-state index contributed by atoms with van der Waals surface area (Å²) < 4.78 is 5.31. The molecule has 114 valence electrons. The van der Waals surface area contributed by atoms with Crippen LogP contribution in [-0.2, 0) is 11.2 Å². The van der Waals surface area contributed by atoms with Crippen molar-refractivity contribution in [3.63, 3.8) is 0 Å². The van der Waals surface area contributed by atoms with Gasteiger partial charge in [-0.3, -0.25) is 4.79 Å². The lowest BCUT2D eigenvalue weighted by atomic mass is 9.86. The highest BCUT2D eigenvalue weighted by atomic mass is 16.5. The predicted octanol–water partition coefficient (Wildman–Crippen LogP) is 3.95. The number of rotatable bonds is 2. The van der Waals surface area contributed by atoms with Gasteiger partial charge in [0.25, 0.3) is 0 Å². The molecule has 0 saturated carbocycles. The molecule has 2 aromatic rings. The standard InChI is InChI=1S/C21H18O2/c1-15-3-5-16(6-4-15)7-12-20-18(14-22)9-8-17-10-11-19(23-2)13-21(17)20/h3-6,10-11,13-14H,8-9H2,1-2H3. The molecule has 0 heterocycles. The molecule has 1 aliphatic carbocycles. The van der Waals surface area contributed by atoms with Crippen molar-refractivity contribution in [3.05, 3.63) is 70.3 Å². The first-order valence-electron chi connectivity index (χ1n) is 7.65. The van der Waals surface area contributed by atoms with Gasteiger partial charge in [-0.25, -0.2) is 0 Å². The number of aldehydes is 1. The lowest BCUT2D eigenvalue weighted by Crippen LogP contribution is -2.05. The van der Waals surface area contributed by atoms with Crippen molar-refractivity contribution >= 4 is 11.9 Å². The van der Waals surface area contributed by atoms with Gasteiger partial charge in [-0.05, 0) is 55.2 Å². The van der Waals surface area contributed by atoms with Gasteiger partial charge in [0, 0.05) is 16.7 Å². The fourth-order valence-corrected chi connectivity index (χ4v) is 2.74. The van der Waals surface area contributed by atoms with Gasteiger partial charge >= 0.3 is 0 Å². The summed E-state index contributed by atoms with van der Waals surface area (Å²) in [4.78, 5) is 11.4. The minimum absolute atomic E-state index is 0.737. The Bertz CT molecular complexity index is 830. The largest absolute Gasteiger partial charge is 0.497 e. The lowest BCUT2D eigenvalue weighted by molar-refractivity contribution is -0.105. The highest BCUT2D eigenvalue weighted by molar-refractivity contribution is 5.97. The molecule has 0 bridgehead atoms. The maximum absolute atomic E-state index is 11.4. The van der Waals surface area contributed by atoms with Crippen LogP contribution in [-0.4, -0.2) is 13.4 Å². The van der Waals surface area contributed by atoms with Crippen molar-refractivity contribution in [2.75, 3.05) is 7.11 Å². The molecule has 0 atom stereocenters. The molecular formula is C21H18O2. The van der Waals surface area contributed by atoms with E-state index in [0.717, 1.165) is 47.2 Å². The number of aryl methyl sites for hydroxylation is 2. The van der Waals surface area contributed by atoms with Crippen molar-refractivity contribution in [1.82, 2.24) is 0 Å². The van der Waals surface area contributed by atoms with Crippen LogP contribution >= 0.6 is 0 Å². The van der Waals surface area contributed by atoms with Gasteiger partial charge in [0.15, 0.2) is 0 Å². The van der Waals surface area contributed by atoms with E-state index < -0.39 is 0 Å². The smallest absolute Gasteiger partial charge is 0.147 e. The number of hydrogen-bond donors (Lipinski definition) is 0. The maximum Gasteiger partial charge on any atom is 0.147 e. The molecular weight excluding hydrogens is 284 g/mol. The van der Waals surface area contributed by atoms with Crippen molar-refractivity contribution < 1.29 is 9.53 Å². The number of hydrogen-bond acceptors (Lipinski definition) is 2. The average Bonchev–Trinajstić information content (AvgIpc) is 2.60. The van der Waals surface area contributed by atoms with Crippen molar-refractivity contribution in [2.45, 2.75) is 19.8 Å². The number of allylic oxidation sites excluding steroid dienone is 2. The normalized spacial score (nSPS) is 13.0. The number of ether oxygens (including phenoxy) is 1. The first-order valence-corrected chi connectivity index (χ1v) is 7.65. The molecule has 0 amide bonds. The maximum atomic E-state index is 11.4. The number of carbonyl (C=O) groups is 1. The van der Waals surface area contributed by atoms with E-state index in [9.17, 15) is 4.79 Å². The quantitative estimate of drug-likeness (QED) is 0.620. The summed E-state index contributed by atoms with van der Waals surface area (Å²) in [5, 5.41) is 0. The van der Waals surface area contributed by atoms with Gasteiger partial charge < -0.3 is 4.74 Å². The van der Waals surface area contributed by atoms with E-state index >= 15 is 0 Å². The van der Waals surface area contributed by atoms with Crippen molar-refractivity contribution in [2.24, 2.45) is 0 Å². The Hall–Kier alpha value is -2.79. The second kappa shape index (κ2) is 6.54. The third kappa shape index (κ3) is 3.19. The van der Waals surface area contributed by atoms with Gasteiger partial charge in [-0.15, -0.1) is 0 Å². The molecule has 3 rings (SSSR count). The summed E-state index contributed by atoms with van der Waals surface area (Å²) in [6.45, 7) is 2.05. The molecule has 0 aliphatic heterocycles. The van der Waals surface area contributed by atoms with Crippen LogP contribution in [0.25, 0.3) is 5.57 Å². The van der Waals surface area contributed by atoms with E-state index in [1.165, 1.54) is 11.1 Å². The Morgan fingerprint density at radius 3 is 2.52 bits per heavy atom. The van der Waals surface area contributed by atoms with Crippen molar-refractivity contribution in [1.29, 1.82) is 0 Å². The first kappa shape index (κ1) is 15.1. The zero-order valence-electron chi connectivity index (χ0n) is 13.3. The Morgan fingerprint density at radius 1 is 1.04 bits per heavy atom. The molecule has 2 nitrogen and oxygen atoms in total. The average molecular weight is 302 g/mol.